The average Bonchev–Trinajstić information content (AvgIpc) is 2.83. The van der Waals surface area contributed by atoms with Gasteiger partial charge in [-0.1, -0.05) is 0 Å². The Morgan fingerprint density at radius 3 is 2.48 bits per heavy atom. The first-order valence-corrected chi connectivity index (χ1v) is 8.65. The van der Waals surface area contributed by atoms with Crippen LogP contribution in [0.5, 0.6) is 0 Å². The van der Waals surface area contributed by atoms with Gasteiger partial charge in [0.15, 0.2) is 11.6 Å². The summed E-state index contributed by atoms with van der Waals surface area (Å²) in [6.45, 7) is 0.539. The molecule has 23 heavy (non-hydrogen) atoms. The van der Waals surface area contributed by atoms with Crippen molar-refractivity contribution in [1.82, 2.24) is 9.62 Å². The predicted octanol–water partition coefficient (Wildman–Crippen LogP) is 1.10. The summed E-state index contributed by atoms with van der Waals surface area (Å²) in [5.74, 6) is -4.17. The number of fused-ring (bicyclic) bond motifs is 1. The quantitative estimate of drug-likeness (QED) is 0.827. The minimum atomic E-state index is -4.31. The lowest BCUT2D eigenvalue weighted by Crippen LogP contribution is -2.69. The van der Waals surface area contributed by atoms with Crippen molar-refractivity contribution in [3.05, 3.63) is 29.6 Å². The van der Waals surface area contributed by atoms with E-state index in [0.29, 0.717) is 19.1 Å². The average molecular weight is 350 g/mol. The van der Waals surface area contributed by atoms with E-state index in [0.717, 1.165) is 0 Å². The minimum absolute atomic E-state index is 0.00877. The van der Waals surface area contributed by atoms with Gasteiger partial charge in [-0.15, -0.1) is 0 Å². The molecule has 1 N–H and O–H groups in total. The van der Waals surface area contributed by atoms with Gasteiger partial charge in [-0.25, -0.2) is 26.3 Å². The molecule has 128 valence electrons. The summed E-state index contributed by atoms with van der Waals surface area (Å²) in [5.41, 5.74) is 0. The smallest absolute Gasteiger partial charge is 0.243 e. The fraction of sp³-hybridized carbons (Fsp3) is 0.571. The van der Waals surface area contributed by atoms with Crippen LogP contribution < -0.4 is 4.72 Å². The summed E-state index contributed by atoms with van der Waals surface area (Å²) in [4.78, 5) is 0.942. The van der Waals surface area contributed by atoms with Gasteiger partial charge in [-0.05, 0) is 26.6 Å². The van der Waals surface area contributed by atoms with Gasteiger partial charge in [0.1, 0.15) is 10.7 Å². The highest BCUT2D eigenvalue weighted by Gasteiger charge is 2.56. The maximum absolute atomic E-state index is 13.8. The lowest BCUT2D eigenvalue weighted by molar-refractivity contribution is -0.0626. The zero-order valence-electron chi connectivity index (χ0n) is 12.6. The molecule has 1 aliphatic carbocycles. The van der Waals surface area contributed by atoms with Crippen molar-refractivity contribution in [2.75, 3.05) is 20.7 Å². The molecule has 1 saturated carbocycles. The minimum Gasteiger partial charge on any atom is -0.376 e. The van der Waals surface area contributed by atoms with Gasteiger partial charge >= 0.3 is 0 Å². The van der Waals surface area contributed by atoms with Crippen molar-refractivity contribution in [1.29, 1.82) is 0 Å². The molecule has 0 aromatic heterocycles. The second kappa shape index (κ2) is 5.73. The summed E-state index contributed by atoms with van der Waals surface area (Å²) in [6, 6.07) is -0.0604. The van der Waals surface area contributed by atoms with Gasteiger partial charge < -0.3 is 9.64 Å². The van der Waals surface area contributed by atoms with Gasteiger partial charge in [0.25, 0.3) is 0 Å². The lowest BCUT2D eigenvalue weighted by Gasteiger charge is -2.50. The van der Waals surface area contributed by atoms with E-state index in [4.69, 9.17) is 4.74 Å². The molecule has 1 saturated heterocycles. The van der Waals surface area contributed by atoms with Crippen molar-refractivity contribution < 1.29 is 26.3 Å². The Balaban J connectivity index is 1.88. The Labute approximate surface area is 132 Å². The third-order valence-corrected chi connectivity index (χ3v) is 5.98. The standard InChI is InChI=1S/C14H17F3N2O3S/c1-19(2)13-12(7-3-4-22-14(7)13)18-23(20,21)11-6-9(16)8(15)5-10(11)17/h5-7,12-14,18H,3-4H2,1-2H3/t7-,12+,13-,14-/m1/s1. The molecule has 1 aliphatic heterocycles. The van der Waals surface area contributed by atoms with Crippen LogP contribution in [0.1, 0.15) is 6.42 Å². The van der Waals surface area contributed by atoms with Crippen LogP contribution in [0.25, 0.3) is 0 Å². The Morgan fingerprint density at radius 1 is 1.17 bits per heavy atom. The van der Waals surface area contributed by atoms with E-state index in [1.165, 1.54) is 0 Å². The third-order valence-electron chi connectivity index (χ3n) is 4.50. The van der Waals surface area contributed by atoms with E-state index in [1.54, 1.807) is 14.1 Å². The van der Waals surface area contributed by atoms with E-state index in [9.17, 15) is 21.6 Å². The second-order valence-corrected chi connectivity index (χ2v) is 7.77. The number of ether oxygens (including phenoxy) is 1. The molecule has 3 rings (SSSR count). The van der Waals surface area contributed by atoms with Crippen LogP contribution in [0.4, 0.5) is 13.2 Å². The first-order chi connectivity index (χ1) is 10.7. The molecular formula is C14H17F3N2O3S. The maximum atomic E-state index is 13.8. The molecule has 0 radical (unpaired) electrons. The molecule has 1 heterocycles. The van der Waals surface area contributed by atoms with Crippen molar-refractivity contribution in [3.8, 4) is 0 Å². The molecule has 1 aromatic carbocycles. The third kappa shape index (κ3) is 2.75. The number of hydrogen-bond acceptors (Lipinski definition) is 4. The van der Waals surface area contributed by atoms with E-state index < -0.39 is 38.4 Å². The van der Waals surface area contributed by atoms with Crippen LogP contribution in [-0.4, -0.2) is 52.2 Å². The van der Waals surface area contributed by atoms with Gasteiger partial charge in [0.05, 0.1) is 12.1 Å². The zero-order chi connectivity index (χ0) is 16.9. The van der Waals surface area contributed by atoms with Crippen LogP contribution >= 0.6 is 0 Å². The topological polar surface area (TPSA) is 58.6 Å². The molecule has 0 amide bonds. The molecule has 9 heteroatoms. The number of likely N-dealkylation sites (N-methyl/N-ethyl adjacent to an activating group) is 1. The van der Waals surface area contributed by atoms with Gasteiger partial charge in [0, 0.05) is 24.6 Å². The summed E-state index contributed by atoms with van der Waals surface area (Å²) < 4.78 is 72.8. The largest absolute Gasteiger partial charge is 0.376 e. The first kappa shape index (κ1) is 16.7. The van der Waals surface area contributed by atoms with Gasteiger partial charge in [-0.2, -0.15) is 0 Å². The van der Waals surface area contributed by atoms with Crippen LogP contribution in [-0.2, 0) is 14.8 Å². The van der Waals surface area contributed by atoms with E-state index >= 15 is 0 Å². The Bertz CT molecular complexity index is 726. The molecule has 0 unspecified atom stereocenters. The SMILES string of the molecule is CN(C)[C@@H]1[C@@H](NS(=O)(=O)c2cc(F)c(F)cc2F)[C@H]2CCO[C@H]21. The van der Waals surface area contributed by atoms with Crippen LogP contribution in [0, 0.1) is 23.4 Å². The highest BCUT2D eigenvalue weighted by atomic mass is 32.2. The molecule has 0 bridgehead atoms. The highest BCUT2D eigenvalue weighted by Crippen LogP contribution is 2.41. The fourth-order valence-corrected chi connectivity index (χ4v) is 4.77. The monoisotopic (exact) mass is 350 g/mol. The van der Waals surface area contributed by atoms with E-state index in [2.05, 4.69) is 4.72 Å². The van der Waals surface area contributed by atoms with Crippen LogP contribution in [0.2, 0.25) is 0 Å². The first-order valence-electron chi connectivity index (χ1n) is 7.17. The number of halogens is 3. The zero-order valence-corrected chi connectivity index (χ0v) is 13.4. The Morgan fingerprint density at radius 2 is 1.83 bits per heavy atom. The summed E-state index contributed by atoms with van der Waals surface area (Å²) in [6.07, 6.45) is 0.620. The number of sulfonamides is 1. The molecule has 1 aromatic rings. The molecule has 5 nitrogen and oxygen atoms in total. The normalized spacial score (nSPS) is 30.3. The molecule has 0 spiro atoms. The molecule has 2 aliphatic rings. The highest BCUT2D eigenvalue weighted by molar-refractivity contribution is 7.89. The summed E-state index contributed by atoms with van der Waals surface area (Å²) in [5, 5.41) is 0. The summed E-state index contributed by atoms with van der Waals surface area (Å²) in [7, 11) is -0.722. The molecule has 4 atom stereocenters. The predicted molar refractivity (Wildman–Crippen MR) is 75.7 cm³/mol. The van der Waals surface area contributed by atoms with Crippen molar-refractivity contribution >= 4 is 10.0 Å². The number of nitrogens with zero attached hydrogens (tertiary/aromatic N) is 1. The lowest BCUT2D eigenvalue weighted by atomic mass is 9.71. The van der Waals surface area contributed by atoms with Gasteiger partial charge in [0.2, 0.25) is 10.0 Å². The second-order valence-electron chi connectivity index (χ2n) is 6.09. The van der Waals surface area contributed by atoms with Crippen LogP contribution in [0.15, 0.2) is 17.0 Å². The number of hydrogen-bond donors (Lipinski definition) is 1. The number of nitrogens with one attached hydrogen (secondary N) is 1. The number of rotatable bonds is 4. The van der Waals surface area contributed by atoms with Crippen LogP contribution in [0.3, 0.4) is 0 Å². The van der Waals surface area contributed by atoms with Crippen molar-refractivity contribution in [3.63, 3.8) is 0 Å². The fourth-order valence-electron chi connectivity index (χ4n) is 3.40. The van der Waals surface area contributed by atoms with E-state index in [1.807, 2.05) is 4.90 Å². The molecular weight excluding hydrogens is 333 g/mol. The van der Waals surface area contributed by atoms with Crippen molar-refractivity contribution in [2.24, 2.45) is 5.92 Å². The van der Waals surface area contributed by atoms with E-state index in [-0.39, 0.29) is 24.1 Å². The number of benzene rings is 1. The van der Waals surface area contributed by atoms with Crippen molar-refractivity contribution in [2.45, 2.75) is 29.5 Å². The Kier molecular flexibility index (Phi) is 4.16. The van der Waals surface area contributed by atoms with Gasteiger partial charge in [-0.3, -0.25) is 0 Å². The summed E-state index contributed by atoms with van der Waals surface area (Å²) >= 11 is 0. The molecule has 2 fully saturated rings. The maximum Gasteiger partial charge on any atom is 0.243 e. The Hall–Kier alpha value is -1.16.